The Morgan fingerprint density at radius 1 is 0.588 bits per heavy atom. The molecule has 10 nitrogen and oxygen atoms in total. The minimum Gasteiger partial charge on any atom is -0.354 e. The van der Waals surface area contributed by atoms with Crippen molar-refractivity contribution in [1.82, 2.24) is 29.9 Å². The van der Waals surface area contributed by atoms with Crippen molar-refractivity contribution >= 4 is 65.0 Å². The van der Waals surface area contributed by atoms with E-state index in [0.717, 1.165) is 51.2 Å². The van der Waals surface area contributed by atoms with Gasteiger partial charge in [0.2, 0.25) is 34.1 Å². The quantitative estimate of drug-likeness (QED) is 0.295. The molecule has 0 bridgehead atoms. The molecule has 0 amide bonds. The van der Waals surface area contributed by atoms with Crippen LogP contribution in [0.5, 0.6) is 0 Å². The second kappa shape index (κ2) is 13.6. The Labute approximate surface area is 216 Å². The first-order valence-electron chi connectivity index (χ1n) is 11.9. The number of nitrogens with zero attached hydrogens (tertiary/aromatic N) is 8. The van der Waals surface area contributed by atoms with Gasteiger partial charge in [-0.25, -0.2) is 0 Å². The number of hydrogen-bond acceptors (Lipinski definition) is 14. The summed E-state index contributed by atoms with van der Waals surface area (Å²) in [5, 5.41) is 7.90. The summed E-state index contributed by atoms with van der Waals surface area (Å²) in [5.41, 5.74) is 0. The first kappa shape index (κ1) is 25.7. The van der Waals surface area contributed by atoms with Crippen LogP contribution in [0, 0.1) is 0 Å². The summed E-state index contributed by atoms with van der Waals surface area (Å²) in [7, 11) is 6.29. The largest absolute Gasteiger partial charge is 0.354 e. The molecule has 0 spiro atoms. The van der Waals surface area contributed by atoms with Crippen LogP contribution in [0.3, 0.4) is 0 Å². The zero-order valence-corrected chi connectivity index (χ0v) is 23.0. The molecular formula is C20H32N10S4. The van der Waals surface area contributed by atoms with E-state index in [2.05, 4.69) is 40.4 Å². The van der Waals surface area contributed by atoms with Crippen molar-refractivity contribution < 1.29 is 0 Å². The van der Waals surface area contributed by atoms with Crippen molar-refractivity contribution in [2.75, 3.05) is 59.7 Å². The maximum absolute atomic E-state index is 4.72. The maximum Gasteiger partial charge on any atom is 0.231 e. The third-order valence-corrected chi connectivity index (χ3v) is 10.9. The summed E-state index contributed by atoms with van der Waals surface area (Å²) in [4.78, 5) is 32.4. The molecular weight excluding hydrogens is 509 g/mol. The van der Waals surface area contributed by atoms with Crippen LogP contribution in [0.1, 0.15) is 52.4 Å². The van der Waals surface area contributed by atoms with Crippen molar-refractivity contribution in [1.29, 1.82) is 0 Å². The summed E-state index contributed by atoms with van der Waals surface area (Å²) in [6, 6.07) is 0. The molecule has 0 aromatic carbocycles. The number of anilines is 4. The van der Waals surface area contributed by atoms with Crippen LogP contribution in [0.4, 0.5) is 23.8 Å². The standard InChI is InChI=1S/C20H32N10S4/c1-3-21-15-23-17(29-11-7-5-8-12-29)27-19(25-15)31-33-34-32-20-26-16(22-4-2)24-18(28-20)30-13-9-6-10-14-30/h3-14H2,1-2H3,(H,21,23,25,27)(H,22,24,26,28). The highest BCUT2D eigenvalue weighted by Gasteiger charge is 2.18. The van der Waals surface area contributed by atoms with Crippen molar-refractivity contribution in [3.05, 3.63) is 0 Å². The van der Waals surface area contributed by atoms with Crippen LogP contribution in [0.15, 0.2) is 10.3 Å². The predicted molar refractivity (Wildman–Crippen MR) is 147 cm³/mol. The van der Waals surface area contributed by atoms with Gasteiger partial charge >= 0.3 is 0 Å². The van der Waals surface area contributed by atoms with Crippen molar-refractivity contribution in [3.8, 4) is 0 Å². The Bertz CT molecular complexity index is 835. The van der Waals surface area contributed by atoms with E-state index in [0.29, 0.717) is 22.2 Å². The van der Waals surface area contributed by atoms with Gasteiger partial charge in [-0.3, -0.25) is 0 Å². The fraction of sp³-hybridized carbons (Fsp3) is 0.700. The fourth-order valence-electron chi connectivity index (χ4n) is 3.80. The molecule has 0 radical (unpaired) electrons. The third kappa shape index (κ3) is 7.56. The number of aromatic nitrogens is 6. The minimum atomic E-state index is 0.637. The summed E-state index contributed by atoms with van der Waals surface area (Å²) >= 11 is 0. The van der Waals surface area contributed by atoms with Gasteiger partial charge in [0.1, 0.15) is 0 Å². The molecule has 186 valence electrons. The predicted octanol–water partition coefficient (Wildman–Crippen LogP) is 5.00. The molecule has 2 aromatic heterocycles. The van der Waals surface area contributed by atoms with E-state index in [-0.39, 0.29) is 0 Å². The van der Waals surface area contributed by atoms with Gasteiger partial charge in [-0.1, -0.05) is 0 Å². The molecule has 2 N–H and O–H groups in total. The number of piperidine rings is 2. The second-order valence-corrected chi connectivity index (χ2v) is 13.5. The lowest BCUT2D eigenvalue weighted by atomic mass is 10.1. The Kier molecular flexibility index (Phi) is 10.3. The van der Waals surface area contributed by atoms with E-state index in [1.807, 2.05) is 13.8 Å². The van der Waals surface area contributed by atoms with Crippen molar-refractivity contribution in [2.45, 2.75) is 62.7 Å². The zero-order valence-electron chi connectivity index (χ0n) is 19.7. The highest BCUT2D eigenvalue weighted by molar-refractivity contribution is 9.26. The fourth-order valence-corrected chi connectivity index (χ4v) is 8.54. The normalized spacial score (nSPS) is 16.5. The number of hydrogen-bond donors (Lipinski definition) is 2. The first-order valence-corrected chi connectivity index (χ1v) is 16.7. The van der Waals surface area contributed by atoms with E-state index in [1.54, 1.807) is 19.7 Å². The van der Waals surface area contributed by atoms with Gasteiger partial charge in [0.15, 0.2) is 0 Å². The topological polar surface area (TPSA) is 108 Å². The Hall–Kier alpha value is -1.38. The van der Waals surface area contributed by atoms with Crippen LogP contribution in [-0.4, -0.2) is 69.2 Å². The van der Waals surface area contributed by atoms with Crippen LogP contribution in [0.2, 0.25) is 0 Å². The van der Waals surface area contributed by atoms with Crippen molar-refractivity contribution in [2.24, 2.45) is 0 Å². The van der Waals surface area contributed by atoms with Gasteiger partial charge in [0, 0.05) is 39.3 Å². The zero-order chi connectivity index (χ0) is 23.6. The lowest BCUT2D eigenvalue weighted by molar-refractivity contribution is 0.565. The molecule has 2 aliphatic rings. The summed E-state index contributed by atoms with van der Waals surface area (Å²) in [5.74, 6) is 2.81. The van der Waals surface area contributed by atoms with Crippen LogP contribution in [0.25, 0.3) is 0 Å². The molecule has 4 rings (SSSR count). The monoisotopic (exact) mass is 540 g/mol. The van der Waals surface area contributed by atoms with Gasteiger partial charge in [-0.05, 0) is 93.6 Å². The molecule has 2 aromatic rings. The molecule has 0 unspecified atom stereocenters. The molecule has 14 heteroatoms. The molecule has 2 aliphatic heterocycles. The number of nitrogens with one attached hydrogen (secondary N) is 2. The molecule has 2 saturated heterocycles. The van der Waals surface area contributed by atoms with Gasteiger partial charge in [0.25, 0.3) is 0 Å². The van der Waals surface area contributed by atoms with Crippen molar-refractivity contribution in [3.63, 3.8) is 0 Å². The number of rotatable bonds is 11. The van der Waals surface area contributed by atoms with Gasteiger partial charge < -0.3 is 20.4 Å². The van der Waals surface area contributed by atoms with Gasteiger partial charge in [-0.15, -0.1) is 0 Å². The van der Waals surface area contributed by atoms with E-state index >= 15 is 0 Å². The summed E-state index contributed by atoms with van der Waals surface area (Å²) < 4.78 is 0. The molecule has 4 heterocycles. The first-order chi connectivity index (χ1) is 16.7. The average molecular weight is 541 g/mol. The van der Waals surface area contributed by atoms with Gasteiger partial charge in [-0.2, -0.15) is 29.9 Å². The van der Waals surface area contributed by atoms with E-state index in [4.69, 9.17) is 9.97 Å². The maximum atomic E-state index is 4.72. The summed E-state index contributed by atoms with van der Waals surface area (Å²) in [6.07, 6.45) is 7.30. The van der Waals surface area contributed by atoms with E-state index in [9.17, 15) is 0 Å². The SMILES string of the molecule is CCNc1nc(SSSSc2nc(NCC)nc(N3CCCCC3)n2)nc(N2CCCCC2)n1. The third-order valence-electron chi connectivity index (χ3n) is 5.40. The van der Waals surface area contributed by atoms with Gasteiger partial charge in [0.05, 0.1) is 0 Å². The Balaban J connectivity index is 1.37. The molecule has 0 saturated carbocycles. The van der Waals surface area contributed by atoms with Crippen LogP contribution < -0.4 is 20.4 Å². The highest BCUT2D eigenvalue weighted by Crippen LogP contribution is 2.48. The average Bonchev–Trinajstić information content (AvgIpc) is 2.88. The summed E-state index contributed by atoms with van der Waals surface area (Å²) in [6.45, 7) is 9.67. The molecule has 0 aliphatic carbocycles. The minimum absolute atomic E-state index is 0.637. The van der Waals surface area contributed by atoms with E-state index < -0.39 is 0 Å². The van der Waals surface area contributed by atoms with Crippen LogP contribution in [-0.2, 0) is 0 Å². The highest BCUT2D eigenvalue weighted by atomic mass is 33.7. The molecule has 2 fully saturated rings. The lowest BCUT2D eigenvalue weighted by Crippen LogP contribution is -2.31. The lowest BCUT2D eigenvalue weighted by Gasteiger charge is -2.27. The second-order valence-electron chi connectivity index (χ2n) is 7.94. The molecule has 0 atom stereocenters. The Morgan fingerprint density at radius 2 is 1.00 bits per heavy atom. The smallest absolute Gasteiger partial charge is 0.231 e. The van der Waals surface area contributed by atoms with E-state index in [1.165, 1.54) is 60.1 Å². The Morgan fingerprint density at radius 3 is 1.38 bits per heavy atom. The molecule has 34 heavy (non-hydrogen) atoms. The van der Waals surface area contributed by atoms with Crippen LogP contribution >= 0.6 is 41.2 Å².